The first-order valence-electron chi connectivity index (χ1n) is 19.0. The highest BCUT2D eigenvalue weighted by atomic mass is 16.5. The number of furan rings is 1. The second-order valence-corrected chi connectivity index (χ2v) is 15.1. The van der Waals surface area contributed by atoms with Crippen LogP contribution in [0.15, 0.2) is 186 Å². The molecule has 9 aromatic carbocycles. The molecule has 3 aliphatic rings. The van der Waals surface area contributed by atoms with E-state index in [-0.39, 0.29) is 5.41 Å². The topological polar surface area (TPSA) is 22.4 Å². The largest absolute Gasteiger partial charge is 0.456 e. The zero-order valence-corrected chi connectivity index (χ0v) is 29.6. The minimum absolute atomic E-state index is 0.379. The van der Waals surface area contributed by atoms with E-state index in [4.69, 9.17) is 9.15 Å². The van der Waals surface area contributed by atoms with E-state index in [1.54, 1.807) is 0 Å². The first-order valence-corrected chi connectivity index (χ1v) is 19.0. The summed E-state index contributed by atoms with van der Waals surface area (Å²) in [4.78, 5) is 0. The van der Waals surface area contributed by atoms with Gasteiger partial charge in [-0.25, -0.2) is 0 Å². The molecule has 2 aliphatic carbocycles. The van der Waals surface area contributed by atoms with Crippen molar-refractivity contribution >= 4 is 32.7 Å². The lowest BCUT2D eigenvalue weighted by Gasteiger charge is -2.30. The number of benzene rings is 9. The summed E-state index contributed by atoms with van der Waals surface area (Å²) in [5.74, 6) is 1.75. The molecule has 0 saturated heterocycles. The predicted molar refractivity (Wildman–Crippen MR) is 224 cm³/mol. The molecule has 2 heterocycles. The van der Waals surface area contributed by atoms with Crippen LogP contribution in [0.4, 0.5) is 0 Å². The minimum Gasteiger partial charge on any atom is -0.456 e. The minimum atomic E-state index is -0.379. The number of ether oxygens (including phenoxy) is 1. The lowest BCUT2D eigenvalue weighted by Crippen LogP contribution is -2.25. The molecule has 254 valence electrons. The molecule has 1 spiro atoms. The number of hydrogen-bond acceptors (Lipinski definition) is 2. The van der Waals surface area contributed by atoms with E-state index in [1.165, 1.54) is 61.2 Å². The van der Waals surface area contributed by atoms with Crippen LogP contribution in [-0.4, -0.2) is 0 Å². The first kappa shape index (κ1) is 29.3. The average Bonchev–Trinajstić information content (AvgIpc) is 3.88. The third kappa shape index (κ3) is 3.69. The van der Waals surface area contributed by atoms with E-state index >= 15 is 0 Å². The van der Waals surface area contributed by atoms with Crippen molar-refractivity contribution in [1.29, 1.82) is 0 Å². The summed E-state index contributed by atoms with van der Waals surface area (Å²) in [6.07, 6.45) is 0. The molecule has 0 radical (unpaired) electrons. The molecule has 1 aliphatic heterocycles. The molecule has 2 heteroatoms. The Labute approximate surface area is 317 Å². The van der Waals surface area contributed by atoms with Crippen molar-refractivity contribution in [2.75, 3.05) is 0 Å². The standard InChI is InChI=1S/C53H30O2/c1-5-19-44-34(11-1)35-12-2-6-20-45(35)53(44)46-21-7-3-13-36(46)37-25-23-32(30-47(37)53)31-24-27-49-43(29-31)40-16-9-15-39-33(26-28-50(54-49)51(39)40)41-17-10-18-42-38-14-4-8-22-48(38)55-52(41)42/h1-30H. The molecule has 13 rings (SSSR count). The lowest BCUT2D eigenvalue weighted by atomic mass is 9.70. The molecule has 0 fully saturated rings. The van der Waals surface area contributed by atoms with Crippen molar-refractivity contribution < 1.29 is 9.15 Å². The number of fused-ring (bicyclic) bond motifs is 15. The third-order valence-corrected chi connectivity index (χ3v) is 12.5. The van der Waals surface area contributed by atoms with E-state index in [0.717, 1.165) is 60.9 Å². The van der Waals surface area contributed by atoms with Crippen molar-refractivity contribution in [2.45, 2.75) is 5.41 Å². The maximum absolute atomic E-state index is 6.71. The molecule has 10 aromatic rings. The Morgan fingerprint density at radius 1 is 0.327 bits per heavy atom. The Bertz CT molecular complexity index is 3240. The highest BCUT2D eigenvalue weighted by Crippen LogP contribution is 2.63. The third-order valence-electron chi connectivity index (χ3n) is 12.5. The fraction of sp³-hybridized carbons (Fsp3) is 0.0189. The van der Waals surface area contributed by atoms with E-state index in [9.17, 15) is 0 Å². The summed E-state index contributed by atoms with van der Waals surface area (Å²) in [5.41, 5.74) is 19.0. The van der Waals surface area contributed by atoms with Crippen molar-refractivity contribution in [1.82, 2.24) is 0 Å². The summed E-state index contributed by atoms with van der Waals surface area (Å²) in [7, 11) is 0. The average molecular weight is 699 g/mol. The molecule has 0 saturated carbocycles. The van der Waals surface area contributed by atoms with E-state index in [2.05, 4.69) is 170 Å². The van der Waals surface area contributed by atoms with Gasteiger partial charge in [0.25, 0.3) is 0 Å². The Morgan fingerprint density at radius 2 is 0.873 bits per heavy atom. The highest BCUT2D eigenvalue weighted by Gasteiger charge is 2.51. The van der Waals surface area contributed by atoms with Crippen LogP contribution in [0, 0.1) is 0 Å². The van der Waals surface area contributed by atoms with Gasteiger partial charge in [0.2, 0.25) is 0 Å². The molecule has 0 atom stereocenters. The van der Waals surface area contributed by atoms with Gasteiger partial charge in [0, 0.05) is 27.3 Å². The Balaban J connectivity index is 0.996. The molecule has 0 bridgehead atoms. The van der Waals surface area contributed by atoms with Crippen molar-refractivity contribution in [2.24, 2.45) is 0 Å². The van der Waals surface area contributed by atoms with Gasteiger partial charge >= 0.3 is 0 Å². The van der Waals surface area contributed by atoms with Crippen LogP contribution in [-0.2, 0) is 5.41 Å². The van der Waals surface area contributed by atoms with Crippen LogP contribution in [0.25, 0.3) is 88.3 Å². The number of para-hydroxylation sites is 2. The molecule has 0 N–H and O–H groups in total. The van der Waals surface area contributed by atoms with Gasteiger partial charge in [-0.15, -0.1) is 0 Å². The fourth-order valence-electron chi connectivity index (χ4n) is 10.3. The van der Waals surface area contributed by atoms with Gasteiger partial charge in [-0.05, 0) is 109 Å². The van der Waals surface area contributed by atoms with Crippen LogP contribution in [0.3, 0.4) is 0 Å². The second kappa shape index (κ2) is 10.5. The quantitative estimate of drug-likeness (QED) is 0.179. The second-order valence-electron chi connectivity index (χ2n) is 15.1. The van der Waals surface area contributed by atoms with Crippen LogP contribution < -0.4 is 4.74 Å². The zero-order chi connectivity index (χ0) is 35.8. The Kier molecular flexibility index (Phi) is 5.59. The smallest absolute Gasteiger partial charge is 0.143 e. The first-order chi connectivity index (χ1) is 27.3. The summed E-state index contributed by atoms with van der Waals surface area (Å²) in [6, 6.07) is 66.5. The monoisotopic (exact) mass is 698 g/mol. The van der Waals surface area contributed by atoms with Crippen LogP contribution >= 0.6 is 0 Å². The van der Waals surface area contributed by atoms with Gasteiger partial charge in [0.05, 0.1) is 5.41 Å². The van der Waals surface area contributed by atoms with Crippen LogP contribution in [0.2, 0.25) is 0 Å². The summed E-state index contributed by atoms with van der Waals surface area (Å²) in [5, 5.41) is 4.54. The molecule has 55 heavy (non-hydrogen) atoms. The molecular formula is C53H30O2. The van der Waals surface area contributed by atoms with E-state index in [1.807, 2.05) is 12.1 Å². The van der Waals surface area contributed by atoms with Crippen molar-refractivity contribution in [3.8, 4) is 67.1 Å². The lowest BCUT2D eigenvalue weighted by molar-refractivity contribution is 0.487. The zero-order valence-electron chi connectivity index (χ0n) is 29.6. The molecule has 1 aromatic heterocycles. The molecule has 2 nitrogen and oxygen atoms in total. The number of rotatable bonds is 2. The van der Waals surface area contributed by atoms with E-state index < -0.39 is 0 Å². The predicted octanol–water partition coefficient (Wildman–Crippen LogP) is 14.2. The van der Waals surface area contributed by atoms with Gasteiger partial charge in [-0.2, -0.15) is 0 Å². The highest BCUT2D eigenvalue weighted by molar-refractivity contribution is 6.15. The van der Waals surface area contributed by atoms with Gasteiger partial charge in [-0.1, -0.05) is 146 Å². The van der Waals surface area contributed by atoms with Crippen molar-refractivity contribution in [3.05, 3.63) is 204 Å². The van der Waals surface area contributed by atoms with Crippen LogP contribution in [0.5, 0.6) is 11.5 Å². The summed E-state index contributed by atoms with van der Waals surface area (Å²) >= 11 is 0. The van der Waals surface area contributed by atoms with Gasteiger partial charge in [0.1, 0.15) is 22.7 Å². The van der Waals surface area contributed by atoms with Gasteiger partial charge in [0.15, 0.2) is 0 Å². The van der Waals surface area contributed by atoms with Gasteiger partial charge in [-0.3, -0.25) is 0 Å². The number of hydrogen-bond donors (Lipinski definition) is 0. The maximum atomic E-state index is 6.71. The summed E-state index contributed by atoms with van der Waals surface area (Å²) in [6.45, 7) is 0. The molecule has 0 unspecified atom stereocenters. The fourth-order valence-corrected chi connectivity index (χ4v) is 10.3. The Hall–Kier alpha value is -7.16. The maximum Gasteiger partial charge on any atom is 0.143 e. The molecule has 0 amide bonds. The Morgan fingerprint density at radius 3 is 1.64 bits per heavy atom. The van der Waals surface area contributed by atoms with E-state index in [0.29, 0.717) is 0 Å². The van der Waals surface area contributed by atoms with Crippen molar-refractivity contribution in [3.63, 3.8) is 0 Å². The SMILES string of the molecule is c1ccc2c(c1)-c1ccccc1C21c2ccccc2-c2ccc(-c3ccc4c(c3)-c3cccc5c(-c6cccc7c6oc6ccccc67)ccc(c35)O4)cc21. The van der Waals surface area contributed by atoms with Gasteiger partial charge < -0.3 is 9.15 Å². The molecular weight excluding hydrogens is 669 g/mol. The van der Waals surface area contributed by atoms with Crippen LogP contribution in [0.1, 0.15) is 22.3 Å². The summed E-state index contributed by atoms with van der Waals surface area (Å²) < 4.78 is 13.2. The normalized spacial score (nSPS) is 13.7.